The van der Waals surface area contributed by atoms with E-state index in [0.717, 1.165) is 17.7 Å². The first-order valence-corrected chi connectivity index (χ1v) is 9.74. The first kappa shape index (κ1) is 19.9. The van der Waals surface area contributed by atoms with Crippen molar-refractivity contribution >= 4 is 29.2 Å². The van der Waals surface area contributed by atoms with Gasteiger partial charge >= 0.3 is 0 Å². The summed E-state index contributed by atoms with van der Waals surface area (Å²) in [7, 11) is 1.79. The van der Waals surface area contributed by atoms with Crippen LogP contribution in [-0.2, 0) is 0 Å². The van der Waals surface area contributed by atoms with Gasteiger partial charge in [-0.2, -0.15) is 0 Å². The van der Waals surface area contributed by atoms with Crippen LogP contribution in [0.25, 0.3) is 16.8 Å². The Morgan fingerprint density at radius 1 is 1.07 bits per heavy atom. The predicted molar refractivity (Wildman–Crippen MR) is 114 cm³/mol. The van der Waals surface area contributed by atoms with Gasteiger partial charge in [-0.25, -0.2) is 13.5 Å². The van der Waals surface area contributed by atoms with Crippen LogP contribution in [0.1, 0.15) is 5.82 Å². The lowest BCUT2D eigenvalue weighted by Crippen LogP contribution is -2.02. The third-order valence-corrected chi connectivity index (χ3v) is 4.89. The molecular weight excluding hydrogens is 410 g/mol. The number of hydrogen-bond donors (Lipinski definition) is 3. The molecule has 0 spiro atoms. The van der Waals surface area contributed by atoms with E-state index in [2.05, 4.69) is 19.6 Å². The minimum absolute atomic E-state index is 0.0898. The number of nitrogen functional groups attached to an aromatic ring is 1. The zero-order valence-electron chi connectivity index (χ0n) is 16.1. The van der Waals surface area contributed by atoms with Gasteiger partial charge in [0.2, 0.25) is 0 Å². The van der Waals surface area contributed by atoms with Crippen molar-refractivity contribution in [3.05, 3.63) is 66.1 Å². The van der Waals surface area contributed by atoms with Crippen molar-refractivity contribution in [1.82, 2.24) is 19.3 Å². The monoisotopic (exact) mass is 428 g/mol. The lowest BCUT2D eigenvalue weighted by atomic mass is 10.0. The number of aromatic nitrogens is 3. The van der Waals surface area contributed by atoms with Gasteiger partial charge in [0.25, 0.3) is 0 Å². The van der Waals surface area contributed by atoms with E-state index in [1.807, 2.05) is 23.6 Å². The maximum atomic E-state index is 14.1. The normalized spacial score (nSPS) is 11.1. The summed E-state index contributed by atoms with van der Waals surface area (Å²) in [5, 5.41) is 8.33. The number of anilines is 2. The number of nitrogens with one attached hydrogen (secondary N) is 2. The van der Waals surface area contributed by atoms with Gasteiger partial charge in [0.15, 0.2) is 17.2 Å². The Balaban J connectivity index is 1.84. The predicted octanol–water partition coefficient (Wildman–Crippen LogP) is 4.55. The molecule has 0 saturated heterocycles. The van der Waals surface area contributed by atoms with Gasteiger partial charge in [0, 0.05) is 41.2 Å². The number of rotatable bonds is 6. The Labute approximate surface area is 175 Å². The maximum absolute atomic E-state index is 14.1. The second-order valence-electron chi connectivity index (χ2n) is 6.42. The highest BCUT2D eigenvalue weighted by molar-refractivity contribution is 7.98. The molecule has 2 aromatic carbocycles. The summed E-state index contributed by atoms with van der Waals surface area (Å²) >= 11 is 1.28. The summed E-state index contributed by atoms with van der Waals surface area (Å²) in [5.74, 6) is -0.500. The Morgan fingerprint density at radius 3 is 2.63 bits per heavy atom. The summed E-state index contributed by atoms with van der Waals surface area (Å²) in [6.07, 6.45) is 1.85. The third-order valence-electron chi connectivity index (χ3n) is 4.37. The van der Waals surface area contributed by atoms with Gasteiger partial charge < -0.3 is 15.2 Å². The van der Waals surface area contributed by atoms with Gasteiger partial charge in [-0.1, -0.05) is 0 Å². The van der Waals surface area contributed by atoms with Crippen molar-refractivity contribution in [1.29, 1.82) is 0 Å². The molecule has 154 valence electrons. The number of ether oxygens (including phenoxy) is 1. The number of hydrogen-bond acceptors (Lipinski definition) is 7. The number of fused-ring (bicyclic) bond motifs is 1. The van der Waals surface area contributed by atoms with Crippen molar-refractivity contribution in [2.24, 2.45) is 0 Å². The molecule has 0 aliphatic rings. The molecule has 30 heavy (non-hydrogen) atoms. The second kappa shape index (κ2) is 8.17. The number of halogens is 2. The highest BCUT2D eigenvalue weighted by Crippen LogP contribution is 2.37. The van der Waals surface area contributed by atoms with E-state index < -0.39 is 11.6 Å². The second-order valence-corrected chi connectivity index (χ2v) is 7.24. The fourth-order valence-corrected chi connectivity index (χ4v) is 3.33. The van der Waals surface area contributed by atoms with Crippen LogP contribution in [0.3, 0.4) is 0 Å². The lowest BCUT2D eigenvalue weighted by Gasteiger charge is -2.15. The Bertz CT molecular complexity index is 1230. The molecule has 0 aliphatic carbocycles. The SMILES string of the molecule is CNSNc1cc(-c2cc(N)ccc2Oc2ccc(F)cc2F)cn2c(C)nnc12. The van der Waals surface area contributed by atoms with Gasteiger partial charge in [-0.05, 0) is 50.4 Å². The van der Waals surface area contributed by atoms with Crippen LogP contribution < -0.4 is 19.9 Å². The largest absolute Gasteiger partial charge is 0.454 e. The Morgan fingerprint density at radius 2 is 1.87 bits per heavy atom. The summed E-state index contributed by atoms with van der Waals surface area (Å²) in [6, 6.07) is 10.1. The fraction of sp³-hybridized carbons (Fsp3) is 0.100. The summed E-state index contributed by atoms with van der Waals surface area (Å²) < 4.78 is 41.1. The first-order valence-electron chi connectivity index (χ1n) is 8.93. The van der Waals surface area contributed by atoms with Gasteiger partial charge in [-0.3, -0.25) is 4.40 Å². The third kappa shape index (κ3) is 3.87. The quantitative estimate of drug-likeness (QED) is 0.307. The molecule has 0 amide bonds. The van der Waals surface area contributed by atoms with E-state index in [-0.39, 0.29) is 5.75 Å². The average molecular weight is 428 g/mol. The van der Waals surface area contributed by atoms with Crippen molar-refractivity contribution in [3.8, 4) is 22.6 Å². The maximum Gasteiger partial charge on any atom is 0.185 e. The van der Waals surface area contributed by atoms with Gasteiger partial charge in [-0.15, -0.1) is 10.2 Å². The first-order chi connectivity index (χ1) is 14.5. The highest BCUT2D eigenvalue weighted by atomic mass is 32.2. The number of pyridine rings is 1. The topological polar surface area (TPSA) is 89.5 Å². The van der Waals surface area contributed by atoms with Crippen molar-refractivity contribution in [2.75, 3.05) is 17.5 Å². The van der Waals surface area contributed by atoms with E-state index in [9.17, 15) is 8.78 Å². The van der Waals surface area contributed by atoms with Crippen molar-refractivity contribution in [3.63, 3.8) is 0 Å². The number of aryl methyl sites for hydroxylation is 1. The van der Waals surface area contributed by atoms with Gasteiger partial charge in [0.1, 0.15) is 17.4 Å². The minimum atomic E-state index is -0.796. The molecular formula is C20H18F2N6OS. The molecule has 4 N–H and O–H groups in total. The van der Waals surface area contributed by atoms with Crippen LogP contribution in [0.5, 0.6) is 11.5 Å². The number of benzene rings is 2. The molecule has 2 heterocycles. The van der Waals surface area contributed by atoms with E-state index >= 15 is 0 Å². The standard InChI is InChI=1S/C20H18F2N6OS/c1-11-25-26-20-17(27-30-24-2)7-12(10-28(11)20)15-9-14(23)4-6-18(15)29-19-5-3-13(21)8-16(19)22/h3-10,24,27H,23H2,1-2H3. The molecule has 0 aliphatic heterocycles. The molecule has 0 bridgehead atoms. The zero-order valence-corrected chi connectivity index (χ0v) is 16.9. The van der Waals surface area contributed by atoms with Crippen LogP contribution in [0.15, 0.2) is 48.7 Å². The Kier molecular flexibility index (Phi) is 5.42. The molecule has 0 atom stereocenters. The molecule has 2 aromatic heterocycles. The highest BCUT2D eigenvalue weighted by Gasteiger charge is 2.16. The van der Waals surface area contributed by atoms with E-state index in [1.165, 1.54) is 18.2 Å². The van der Waals surface area contributed by atoms with E-state index in [1.54, 1.807) is 25.2 Å². The van der Waals surface area contributed by atoms with Crippen LogP contribution >= 0.6 is 12.1 Å². The molecule has 7 nitrogen and oxygen atoms in total. The van der Waals surface area contributed by atoms with E-state index in [0.29, 0.717) is 34.2 Å². The van der Waals surface area contributed by atoms with Crippen molar-refractivity contribution in [2.45, 2.75) is 6.92 Å². The zero-order chi connectivity index (χ0) is 21.3. The molecule has 4 aromatic rings. The van der Waals surface area contributed by atoms with Gasteiger partial charge in [0.05, 0.1) is 5.69 Å². The molecule has 4 rings (SSSR count). The van der Waals surface area contributed by atoms with Crippen molar-refractivity contribution < 1.29 is 13.5 Å². The van der Waals surface area contributed by atoms with Crippen LogP contribution in [-0.4, -0.2) is 21.6 Å². The summed E-state index contributed by atoms with van der Waals surface area (Å²) in [5.41, 5.74) is 9.26. The Hall–Kier alpha value is -3.37. The van der Waals surface area contributed by atoms with Crippen LogP contribution in [0.2, 0.25) is 0 Å². The molecule has 10 heteroatoms. The summed E-state index contributed by atoms with van der Waals surface area (Å²) in [4.78, 5) is 0. The smallest absolute Gasteiger partial charge is 0.185 e. The summed E-state index contributed by atoms with van der Waals surface area (Å²) in [6.45, 7) is 1.84. The van der Waals surface area contributed by atoms with E-state index in [4.69, 9.17) is 10.5 Å². The number of nitrogens with zero attached hydrogens (tertiary/aromatic N) is 3. The molecule has 0 radical (unpaired) electrons. The van der Waals surface area contributed by atoms with Crippen LogP contribution in [0.4, 0.5) is 20.2 Å². The van der Waals surface area contributed by atoms with Crippen LogP contribution in [0, 0.1) is 18.6 Å². The minimum Gasteiger partial charge on any atom is -0.454 e. The molecule has 0 unspecified atom stereocenters. The molecule has 0 saturated carbocycles. The fourth-order valence-electron chi connectivity index (χ4n) is 2.97. The lowest BCUT2D eigenvalue weighted by molar-refractivity contribution is 0.439. The number of nitrogens with two attached hydrogens (primary N) is 1. The molecule has 0 fully saturated rings. The average Bonchev–Trinajstić information content (AvgIpc) is 3.10.